The first-order valence-corrected chi connectivity index (χ1v) is 8.63. The van der Waals surface area contributed by atoms with E-state index in [1.165, 1.54) is 18.3 Å². The van der Waals surface area contributed by atoms with Crippen LogP contribution < -0.4 is 10.5 Å². The fourth-order valence-corrected chi connectivity index (χ4v) is 3.35. The Balaban J connectivity index is 1.83. The lowest BCUT2D eigenvalue weighted by Crippen LogP contribution is -2.20. The summed E-state index contributed by atoms with van der Waals surface area (Å²) in [6.07, 6.45) is 1.07. The minimum atomic E-state index is -4.37. The highest BCUT2D eigenvalue weighted by Crippen LogP contribution is 2.41. The molecular formula is C19H18ClF3N2O. The van der Waals surface area contributed by atoms with E-state index in [1.54, 1.807) is 6.07 Å². The molecule has 138 valence electrons. The summed E-state index contributed by atoms with van der Waals surface area (Å²) >= 11 is 6.04. The molecule has 1 aliphatic rings. The molecule has 0 amide bonds. The third kappa shape index (κ3) is 4.12. The fourth-order valence-electron chi connectivity index (χ4n) is 3.20. The van der Waals surface area contributed by atoms with Gasteiger partial charge in [0, 0.05) is 0 Å². The van der Waals surface area contributed by atoms with Crippen LogP contribution in [0.25, 0.3) is 0 Å². The van der Waals surface area contributed by atoms with E-state index in [9.17, 15) is 13.2 Å². The van der Waals surface area contributed by atoms with Crippen molar-refractivity contribution in [1.82, 2.24) is 4.98 Å². The zero-order valence-electron chi connectivity index (χ0n) is 13.8. The van der Waals surface area contributed by atoms with Crippen LogP contribution in [0, 0.1) is 0 Å². The van der Waals surface area contributed by atoms with Gasteiger partial charge in [-0.25, -0.2) is 4.98 Å². The summed E-state index contributed by atoms with van der Waals surface area (Å²) in [4.78, 5) is 4.41. The number of allylic oxidation sites excluding steroid dienone is 1. The van der Waals surface area contributed by atoms with E-state index >= 15 is 0 Å². The Bertz CT molecular complexity index is 790. The maximum absolute atomic E-state index is 12.7. The Kier molecular flexibility index (Phi) is 5.41. The molecule has 1 aromatic carbocycles. The number of benzene rings is 1. The Labute approximate surface area is 154 Å². The number of nitrogens with zero attached hydrogens (tertiary/aromatic N) is 1. The first kappa shape index (κ1) is 18.6. The lowest BCUT2D eigenvalue weighted by atomic mass is 9.82. The van der Waals surface area contributed by atoms with Gasteiger partial charge in [-0.3, -0.25) is 0 Å². The van der Waals surface area contributed by atoms with Crippen molar-refractivity contribution in [1.29, 1.82) is 0 Å². The van der Waals surface area contributed by atoms with Crippen LogP contribution in [0.4, 0.5) is 13.2 Å². The molecule has 0 saturated heterocycles. The number of rotatable bonds is 4. The Morgan fingerprint density at radius 1 is 1.15 bits per heavy atom. The summed E-state index contributed by atoms with van der Waals surface area (Å²) in [5, 5.41) is 0.361. The molecule has 2 atom stereocenters. The minimum Gasteiger partial charge on any atom is -0.484 e. The SMILES string of the molecule is NC=CC[C@H]1CC[C@H](Oc2ccc(C(F)(F)F)cc2)c2nc(Cl)ccc21. The molecule has 7 heteroatoms. The van der Waals surface area contributed by atoms with Crippen molar-refractivity contribution < 1.29 is 17.9 Å². The van der Waals surface area contributed by atoms with Crippen LogP contribution in [-0.4, -0.2) is 4.98 Å². The van der Waals surface area contributed by atoms with Crippen LogP contribution in [0.2, 0.25) is 5.15 Å². The predicted molar refractivity (Wildman–Crippen MR) is 94.0 cm³/mol. The van der Waals surface area contributed by atoms with Gasteiger partial charge in [-0.05, 0) is 67.3 Å². The highest BCUT2D eigenvalue weighted by molar-refractivity contribution is 6.29. The molecule has 1 aliphatic carbocycles. The van der Waals surface area contributed by atoms with Crippen molar-refractivity contribution in [2.24, 2.45) is 5.73 Å². The molecule has 0 radical (unpaired) electrons. The second-order valence-electron chi connectivity index (χ2n) is 6.18. The monoisotopic (exact) mass is 382 g/mol. The standard InChI is InChI=1S/C19H18ClF3N2O/c20-17-10-8-15-12(2-1-11-24)3-9-16(18(15)25-17)26-14-6-4-13(5-7-14)19(21,22)23/h1,4-8,10-12,16H,2-3,9,24H2/t12-,16-/m0/s1. The van der Waals surface area contributed by atoms with Gasteiger partial charge < -0.3 is 10.5 Å². The van der Waals surface area contributed by atoms with Crippen LogP contribution in [-0.2, 0) is 6.18 Å². The number of halogens is 4. The topological polar surface area (TPSA) is 48.1 Å². The third-order valence-electron chi connectivity index (χ3n) is 4.46. The molecule has 26 heavy (non-hydrogen) atoms. The van der Waals surface area contributed by atoms with Crippen LogP contribution >= 0.6 is 11.6 Å². The molecule has 0 fully saturated rings. The largest absolute Gasteiger partial charge is 0.484 e. The van der Waals surface area contributed by atoms with Crippen molar-refractivity contribution in [2.45, 2.75) is 37.5 Å². The van der Waals surface area contributed by atoms with Crippen LogP contribution in [0.5, 0.6) is 5.75 Å². The Morgan fingerprint density at radius 3 is 2.54 bits per heavy atom. The van der Waals surface area contributed by atoms with Gasteiger partial charge in [-0.15, -0.1) is 0 Å². The summed E-state index contributed by atoms with van der Waals surface area (Å²) in [5.74, 6) is 0.637. The van der Waals surface area contributed by atoms with E-state index in [2.05, 4.69) is 4.98 Å². The molecule has 0 spiro atoms. The lowest BCUT2D eigenvalue weighted by molar-refractivity contribution is -0.137. The van der Waals surface area contributed by atoms with Crippen LogP contribution in [0.1, 0.15) is 48.1 Å². The molecule has 3 rings (SSSR count). The fraction of sp³-hybridized carbons (Fsp3) is 0.316. The summed E-state index contributed by atoms with van der Waals surface area (Å²) in [6, 6.07) is 8.35. The van der Waals surface area contributed by atoms with Gasteiger partial charge in [0.2, 0.25) is 0 Å². The second-order valence-corrected chi connectivity index (χ2v) is 6.56. The van der Waals surface area contributed by atoms with Gasteiger partial charge in [-0.2, -0.15) is 13.2 Å². The normalized spacial score (nSPS) is 20.2. The maximum Gasteiger partial charge on any atom is 0.416 e. The Morgan fingerprint density at radius 2 is 1.88 bits per heavy atom. The zero-order chi connectivity index (χ0) is 18.7. The quantitative estimate of drug-likeness (QED) is 0.699. The van der Waals surface area contributed by atoms with Crippen LogP contribution in [0.15, 0.2) is 48.7 Å². The number of hydrogen-bond acceptors (Lipinski definition) is 3. The highest BCUT2D eigenvalue weighted by atomic mass is 35.5. The first-order chi connectivity index (χ1) is 12.4. The number of ether oxygens (including phenoxy) is 1. The van der Waals surface area contributed by atoms with Crippen molar-refractivity contribution in [3.63, 3.8) is 0 Å². The number of alkyl halides is 3. The zero-order valence-corrected chi connectivity index (χ0v) is 14.6. The van der Waals surface area contributed by atoms with E-state index in [0.717, 1.165) is 36.2 Å². The van der Waals surface area contributed by atoms with Crippen LogP contribution in [0.3, 0.4) is 0 Å². The summed E-state index contributed by atoms with van der Waals surface area (Å²) in [7, 11) is 0. The van der Waals surface area contributed by atoms with E-state index in [-0.39, 0.29) is 12.0 Å². The van der Waals surface area contributed by atoms with Gasteiger partial charge >= 0.3 is 6.18 Å². The molecule has 0 unspecified atom stereocenters. The number of hydrogen-bond donors (Lipinski definition) is 1. The summed E-state index contributed by atoms with van der Waals surface area (Å²) in [6.45, 7) is 0. The number of pyridine rings is 1. The van der Waals surface area contributed by atoms with E-state index < -0.39 is 11.7 Å². The molecule has 3 nitrogen and oxygen atoms in total. The number of nitrogens with two attached hydrogens (primary N) is 1. The first-order valence-electron chi connectivity index (χ1n) is 8.25. The molecule has 2 aromatic rings. The van der Waals surface area contributed by atoms with Crippen molar-refractivity contribution in [3.8, 4) is 5.75 Å². The van der Waals surface area contributed by atoms with E-state index in [0.29, 0.717) is 17.3 Å². The van der Waals surface area contributed by atoms with Crippen molar-refractivity contribution >= 4 is 11.6 Å². The van der Waals surface area contributed by atoms with Gasteiger partial charge in [0.1, 0.15) is 17.0 Å². The minimum absolute atomic E-state index is 0.266. The number of fused-ring (bicyclic) bond motifs is 1. The van der Waals surface area contributed by atoms with Crippen molar-refractivity contribution in [3.05, 3.63) is 70.6 Å². The van der Waals surface area contributed by atoms with Gasteiger partial charge in [0.15, 0.2) is 0 Å². The molecule has 2 N–H and O–H groups in total. The van der Waals surface area contributed by atoms with Gasteiger partial charge in [-0.1, -0.05) is 23.7 Å². The molecule has 0 bridgehead atoms. The maximum atomic E-state index is 12.7. The molecule has 0 saturated carbocycles. The highest BCUT2D eigenvalue weighted by Gasteiger charge is 2.31. The molecular weight excluding hydrogens is 365 g/mol. The molecule has 1 heterocycles. The van der Waals surface area contributed by atoms with E-state index in [4.69, 9.17) is 22.1 Å². The Hall–Kier alpha value is -2.21. The third-order valence-corrected chi connectivity index (χ3v) is 4.67. The smallest absolute Gasteiger partial charge is 0.416 e. The van der Waals surface area contributed by atoms with E-state index in [1.807, 2.05) is 12.1 Å². The van der Waals surface area contributed by atoms with Gasteiger partial charge in [0.05, 0.1) is 11.3 Å². The molecule has 1 aromatic heterocycles. The van der Waals surface area contributed by atoms with Crippen molar-refractivity contribution in [2.75, 3.05) is 0 Å². The predicted octanol–water partition coefficient (Wildman–Crippen LogP) is 5.61. The average molecular weight is 383 g/mol. The number of aromatic nitrogens is 1. The average Bonchev–Trinajstić information content (AvgIpc) is 2.61. The summed E-state index contributed by atoms with van der Waals surface area (Å²) in [5.41, 5.74) is 6.51. The lowest BCUT2D eigenvalue weighted by Gasteiger charge is -2.30. The summed E-state index contributed by atoms with van der Waals surface area (Å²) < 4.78 is 44.0. The molecule has 0 aliphatic heterocycles. The second kappa shape index (κ2) is 7.58. The van der Waals surface area contributed by atoms with Gasteiger partial charge in [0.25, 0.3) is 0 Å².